The lowest BCUT2D eigenvalue weighted by atomic mass is 9.69. The van der Waals surface area contributed by atoms with Crippen LogP contribution in [0.4, 0.5) is 0 Å². The van der Waals surface area contributed by atoms with E-state index in [1.54, 1.807) is 32.1 Å². The SMILES string of the molecule is CC(C)C12CC3CC(CC1C3)C2. The van der Waals surface area contributed by atoms with Gasteiger partial charge in [-0.25, -0.2) is 0 Å². The first kappa shape index (κ1) is 7.41. The van der Waals surface area contributed by atoms with E-state index in [1.165, 1.54) is 0 Å². The highest BCUT2D eigenvalue weighted by Crippen LogP contribution is 2.67. The van der Waals surface area contributed by atoms with E-state index in [0.29, 0.717) is 0 Å². The normalized spacial score (nSPS) is 55.8. The molecule has 0 N–H and O–H groups in total. The zero-order valence-electron chi connectivity index (χ0n) is 8.34. The van der Waals surface area contributed by atoms with Gasteiger partial charge in [-0.15, -0.1) is 0 Å². The van der Waals surface area contributed by atoms with Crippen molar-refractivity contribution in [2.75, 3.05) is 0 Å². The van der Waals surface area contributed by atoms with E-state index >= 15 is 0 Å². The zero-order valence-corrected chi connectivity index (χ0v) is 8.34. The molecule has 0 aromatic rings. The molecule has 4 aliphatic carbocycles. The average Bonchev–Trinajstić information content (AvgIpc) is 2.37. The minimum absolute atomic E-state index is 0.827. The Balaban J connectivity index is 1.98. The Hall–Kier alpha value is 0. The van der Waals surface area contributed by atoms with Crippen LogP contribution in [0, 0.1) is 29.1 Å². The van der Waals surface area contributed by atoms with Gasteiger partial charge < -0.3 is 0 Å². The molecule has 2 unspecified atom stereocenters. The molecule has 0 aromatic carbocycles. The Morgan fingerprint density at radius 1 is 1.00 bits per heavy atom. The van der Waals surface area contributed by atoms with Gasteiger partial charge in [0.2, 0.25) is 0 Å². The van der Waals surface area contributed by atoms with Crippen molar-refractivity contribution in [1.82, 2.24) is 0 Å². The molecule has 0 saturated heterocycles. The first-order valence-corrected chi connectivity index (χ1v) is 5.71. The predicted molar refractivity (Wildman–Crippen MR) is 50.8 cm³/mol. The highest BCUT2D eigenvalue weighted by Gasteiger charge is 2.58. The maximum absolute atomic E-state index is 2.46. The summed E-state index contributed by atoms with van der Waals surface area (Å²) in [6.45, 7) is 4.92. The maximum atomic E-state index is 2.46. The highest BCUT2D eigenvalue weighted by molar-refractivity contribution is 5.08. The Kier molecular flexibility index (Phi) is 1.28. The summed E-state index contributed by atoms with van der Waals surface area (Å²) in [6, 6.07) is 0. The van der Waals surface area contributed by atoms with Gasteiger partial charge in [0.05, 0.1) is 0 Å². The van der Waals surface area contributed by atoms with Gasteiger partial charge >= 0.3 is 0 Å². The van der Waals surface area contributed by atoms with E-state index in [9.17, 15) is 0 Å². The summed E-state index contributed by atoms with van der Waals surface area (Å²) in [7, 11) is 0. The second kappa shape index (κ2) is 2.08. The van der Waals surface area contributed by atoms with E-state index in [4.69, 9.17) is 0 Å². The molecule has 0 radical (unpaired) electrons. The second-order valence-corrected chi connectivity index (χ2v) is 5.93. The van der Waals surface area contributed by atoms with Crippen LogP contribution in [-0.2, 0) is 0 Å². The molecule has 0 nitrogen and oxygen atoms in total. The molecule has 0 aromatic heterocycles. The zero-order chi connectivity index (χ0) is 8.34. The molecule has 4 rings (SSSR count). The predicted octanol–water partition coefficient (Wildman–Crippen LogP) is 3.47. The molecule has 0 spiro atoms. The van der Waals surface area contributed by atoms with Gasteiger partial charge in [-0.3, -0.25) is 0 Å². The fraction of sp³-hybridized carbons (Fsp3) is 1.00. The Morgan fingerprint density at radius 3 is 2.00 bits per heavy atom. The van der Waals surface area contributed by atoms with E-state index in [-0.39, 0.29) is 0 Å². The molecular formula is C12H20. The summed E-state index contributed by atoms with van der Waals surface area (Å²) >= 11 is 0. The molecule has 4 aliphatic rings. The van der Waals surface area contributed by atoms with Crippen LogP contribution in [0.2, 0.25) is 0 Å². The van der Waals surface area contributed by atoms with Gasteiger partial charge in [-0.05, 0) is 61.2 Å². The Labute approximate surface area is 75.7 Å². The van der Waals surface area contributed by atoms with Gasteiger partial charge in [-0.1, -0.05) is 13.8 Å². The molecular weight excluding hydrogens is 144 g/mol. The molecule has 0 amide bonds. The molecule has 4 bridgehead atoms. The molecule has 0 heteroatoms. The van der Waals surface area contributed by atoms with Crippen molar-refractivity contribution in [2.45, 2.75) is 46.0 Å². The lowest BCUT2D eigenvalue weighted by Crippen LogP contribution is -2.28. The van der Waals surface area contributed by atoms with Gasteiger partial charge in [-0.2, -0.15) is 0 Å². The summed E-state index contributed by atoms with van der Waals surface area (Å²) in [5, 5.41) is 0. The van der Waals surface area contributed by atoms with Gasteiger partial charge in [0, 0.05) is 0 Å². The number of hydrogen-bond acceptors (Lipinski definition) is 0. The van der Waals surface area contributed by atoms with Crippen molar-refractivity contribution in [2.24, 2.45) is 29.1 Å². The molecule has 0 aliphatic heterocycles. The van der Waals surface area contributed by atoms with Crippen LogP contribution in [-0.4, -0.2) is 0 Å². The largest absolute Gasteiger partial charge is 0.0622 e. The van der Waals surface area contributed by atoms with E-state index < -0.39 is 0 Å². The lowest BCUT2D eigenvalue weighted by Gasteiger charge is -2.36. The van der Waals surface area contributed by atoms with Crippen LogP contribution in [0.25, 0.3) is 0 Å². The topological polar surface area (TPSA) is 0 Å². The van der Waals surface area contributed by atoms with Crippen LogP contribution in [0.15, 0.2) is 0 Å². The molecule has 12 heavy (non-hydrogen) atoms. The van der Waals surface area contributed by atoms with Crippen molar-refractivity contribution >= 4 is 0 Å². The second-order valence-electron chi connectivity index (χ2n) is 5.93. The first-order valence-electron chi connectivity index (χ1n) is 5.71. The quantitative estimate of drug-likeness (QED) is 0.556. The van der Waals surface area contributed by atoms with Gasteiger partial charge in [0.25, 0.3) is 0 Å². The smallest absolute Gasteiger partial charge is 0.0241 e. The van der Waals surface area contributed by atoms with Crippen molar-refractivity contribution in [3.8, 4) is 0 Å². The molecule has 4 fully saturated rings. The third-order valence-electron chi connectivity index (χ3n) is 5.20. The van der Waals surface area contributed by atoms with Crippen LogP contribution in [0.3, 0.4) is 0 Å². The summed E-state index contributed by atoms with van der Waals surface area (Å²) in [5.41, 5.74) is 0.827. The summed E-state index contributed by atoms with van der Waals surface area (Å²) in [4.78, 5) is 0. The van der Waals surface area contributed by atoms with Crippen LogP contribution in [0.1, 0.15) is 46.0 Å². The van der Waals surface area contributed by atoms with Crippen molar-refractivity contribution in [1.29, 1.82) is 0 Å². The molecule has 68 valence electrons. The standard InChI is InChI=1S/C12H20/c1-8(2)12-6-9-3-10(7-12)5-11(12)4-9/h8-11H,3-7H2,1-2H3. The third kappa shape index (κ3) is 0.701. The fourth-order valence-corrected chi connectivity index (χ4v) is 4.80. The van der Waals surface area contributed by atoms with Crippen LogP contribution in [0.5, 0.6) is 0 Å². The van der Waals surface area contributed by atoms with Crippen molar-refractivity contribution < 1.29 is 0 Å². The van der Waals surface area contributed by atoms with Gasteiger partial charge in [0.1, 0.15) is 0 Å². The van der Waals surface area contributed by atoms with E-state index in [1.807, 2.05) is 0 Å². The molecule has 0 heterocycles. The summed E-state index contributed by atoms with van der Waals surface area (Å²) in [5.74, 6) is 4.38. The Morgan fingerprint density at radius 2 is 1.58 bits per heavy atom. The minimum atomic E-state index is 0.827. The molecule has 2 atom stereocenters. The Bertz CT molecular complexity index is 190. The molecule has 4 saturated carbocycles. The first-order chi connectivity index (χ1) is 5.71. The average molecular weight is 164 g/mol. The van der Waals surface area contributed by atoms with Crippen molar-refractivity contribution in [3.05, 3.63) is 0 Å². The maximum Gasteiger partial charge on any atom is -0.0241 e. The third-order valence-corrected chi connectivity index (χ3v) is 5.20. The minimum Gasteiger partial charge on any atom is -0.0622 e. The highest BCUT2D eigenvalue weighted by atomic mass is 14.6. The lowest BCUT2D eigenvalue weighted by molar-refractivity contribution is 0.130. The van der Waals surface area contributed by atoms with Crippen LogP contribution < -0.4 is 0 Å². The van der Waals surface area contributed by atoms with E-state index in [0.717, 1.165) is 29.1 Å². The summed E-state index contributed by atoms with van der Waals surface area (Å²) in [6.07, 6.45) is 7.95. The van der Waals surface area contributed by atoms with Crippen LogP contribution >= 0.6 is 0 Å². The van der Waals surface area contributed by atoms with Gasteiger partial charge in [0.15, 0.2) is 0 Å². The number of rotatable bonds is 1. The fourth-order valence-electron chi connectivity index (χ4n) is 4.80. The van der Waals surface area contributed by atoms with E-state index in [2.05, 4.69) is 13.8 Å². The number of hydrogen-bond donors (Lipinski definition) is 0. The monoisotopic (exact) mass is 164 g/mol. The summed E-state index contributed by atoms with van der Waals surface area (Å²) < 4.78 is 0. The van der Waals surface area contributed by atoms with Crippen molar-refractivity contribution in [3.63, 3.8) is 0 Å².